The molecule has 0 aromatic carbocycles. The van der Waals surface area contributed by atoms with E-state index in [1.807, 2.05) is 0 Å². The van der Waals surface area contributed by atoms with Crippen LogP contribution in [0.1, 0.15) is 64.2 Å². The second-order valence-electron chi connectivity index (χ2n) is 5.39. The Morgan fingerprint density at radius 2 is 1.37 bits per heavy atom. The third-order valence-electron chi connectivity index (χ3n) is 3.88. The zero-order valence-corrected chi connectivity index (χ0v) is 11.2. The van der Waals surface area contributed by atoms with Crippen molar-refractivity contribution >= 4 is 17.8 Å². The topological polar surface area (TPSA) is 63.7 Å². The first-order chi connectivity index (χ1) is 9.18. The van der Waals surface area contributed by atoms with Crippen LogP contribution in [0.25, 0.3) is 0 Å². The SMILES string of the molecule is O=C(ON1C(=O)CCC1=O)C1CCCCCCCC1. The summed E-state index contributed by atoms with van der Waals surface area (Å²) in [5.41, 5.74) is 0. The number of nitrogens with zero attached hydrogens (tertiary/aromatic N) is 1. The average molecular weight is 267 g/mol. The minimum absolute atomic E-state index is 0.150. The Balaban J connectivity index is 1.89. The van der Waals surface area contributed by atoms with Gasteiger partial charge in [-0.3, -0.25) is 9.59 Å². The molecule has 0 unspecified atom stereocenters. The Morgan fingerprint density at radius 3 is 1.89 bits per heavy atom. The number of hydrogen-bond acceptors (Lipinski definition) is 4. The number of imide groups is 1. The second kappa shape index (κ2) is 6.68. The molecule has 1 heterocycles. The lowest BCUT2D eigenvalue weighted by Gasteiger charge is -2.18. The van der Waals surface area contributed by atoms with Gasteiger partial charge in [0.05, 0.1) is 5.92 Å². The minimum atomic E-state index is -0.412. The molecule has 0 aromatic heterocycles. The van der Waals surface area contributed by atoms with Gasteiger partial charge in [0.1, 0.15) is 0 Å². The highest BCUT2D eigenvalue weighted by Crippen LogP contribution is 2.24. The molecule has 0 spiro atoms. The smallest absolute Gasteiger partial charge is 0.330 e. The van der Waals surface area contributed by atoms with Crippen LogP contribution in [-0.4, -0.2) is 22.8 Å². The number of amides is 2. The van der Waals surface area contributed by atoms with Crippen LogP contribution in [0.2, 0.25) is 0 Å². The lowest BCUT2D eigenvalue weighted by atomic mass is 9.97. The van der Waals surface area contributed by atoms with E-state index in [0.717, 1.165) is 38.5 Å². The lowest BCUT2D eigenvalue weighted by Crippen LogP contribution is -2.34. The molecule has 1 saturated carbocycles. The molecule has 5 nitrogen and oxygen atoms in total. The quantitative estimate of drug-likeness (QED) is 0.720. The Bertz CT molecular complexity index is 340. The van der Waals surface area contributed by atoms with Crippen molar-refractivity contribution in [2.45, 2.75) is 64.2 Å². The van der Waals surface area contributed by atoms with Gasteiger partial charge in [0.2, 0.25) is 0 Å². The van der Waals surface area contributed by atoms with E-state index in [-0.39, 0.29) is 18.8 Å². The molecule has 5 heteroatoms. The van der Waals surface area contributed by atoms with Gasteiger partial charge in [-0.1, -0.05) is 38.5 Å². The van der Waals surface area contributed by atoms with E-state index in [9.17, 15) is 14.4 Å². The van der Waals surface area contributed by atoms with Crippen LogP contribution in [0, 0.1) is 5.92 Å². The van der Waals surface area contributed by atoms with Gasteiger partial charge in [0.15, 0.2) is 0 Å². The number of hydroxylamine groups is 2. The summed E-state index contributed by atoms with van der Waals surface area (Å²) in [6, 6.07) is 0. The van der Waals surface area contributed by atoms with Gasteiger partial charge >= 0.3 is 5.97 Å². The van der Waals surface area contributed by atoms with Crippen LogP contribution in [-0.2, 0) is 19.2 Å². The summed E-state index contributed by atoms with van der Waals surface area (Å²) in [4.78, 5) is 39.9. The predicted octanol–water partition coefficient (Wildman–Crippen LogP) is 2.34. The summed E-state index contributed by atoms with van der Waals surface area (Å²) in [6.45, 7) is 0. The molecule has 0 aromatic rings. The molecular weight excluding hydrogens is 246 g/mol. The van der Waals surface area contributed by atoms with Crippen LogP contribution in [0.3, 0.4) is 0 Å². The number of hydrogen-bond donors (Lipinski definition) is 0. The van der Waals surface area contributed by atoms with E-state index in [4.69, 9.17) is 4.84 Å². The first-order valence-electron chi connectivity index (χ1n) is 7.26. The van der Waals surface area contributed by atoms with Crippen molar-refractivity contribution in [2.24, 2.45) is 5.92 Å². The first-order valence-corrected chi connectivity index (χ1v) is 7.26. The van der Waals surface area contributed by atoms with Gasteiger partial charge < -0.3 is 4.84 Å². The van der Waals surface area contributed by atoms with Crippen molar-refractivity contribution in [1.29, 1.82) is 0 Å². The standard InChI is InChI=1S/C14H21NO4/c16-12-9-10-13(17)15(12)19-14(18)11-7-5-3-1-2-4-6-8-11/h11H,1-10H2. The molecule has 0 bridgehead atoms. The third-order valence-corrected chi connectivity index (χ3v) is 3.88. The molecular formula is C14H21NO4. The molecule has 0 N–H and O–H groups in total. The Hall–Kier alpha value is -1.39. The highest BCUT2D eigenvalue weighted by molar-refractivity contribution is 6.01. The Kier molecular flexibility index (Phi) is 4.93. The van der Waals surface area contributed by atoms with Gasteiger partial charge in [0, 0.05) is 12.8 Å². The molecule has 106 valence electrons. The fourth-order valence-corrected chi connectivity index (χ4v) is 2.69. The second-order valence-corrected chi connectivity index (χ2v) is 5.39. The van der Waals surface area contributed by atoms with E-state index >= 15 is 0 Å². The van der Waals surface area contributed by atoms with Gasteiger partial charge in [-0.15, -0.1) is 5.06 Å². The monoisotopic (exact) mass is 267 g/mol. The van der Waals surface area contributed by atoms with Gasteiger partial charge in [-0.2, -0.15) is 0 Å². The molecule has 1 saturated heterocycles. The predicted molar refractivity (Wildman–Crippen MR) is 67.6 cm³/mol. The average Bonchev–Trinajstić information content (AvgIpc) is 2.78. The van der Waals surface area contributed by atoms with E-state index in [1.54, 1.807) is 0 Å². The Labute approximate surface area is 113 Å². The maximum atomic E-state index is 12.1. The highest BCUT2D eigenvalue weighted by Gasteiger charge is 2.34. The van der Waals surface area contributed by atoms with Gasteiger partial charge in [-0.25, -0.2) is 4.79 Å². The number of carbonyl (C=O) groups excluding carboxylic acids is 3. The van der Waals surface area contributed by atoms with E-state index in [2.05, 4.69) is 0 Å². The van der Waals surface area contributed by atoms with Crippen LogP contribution in [0.4, 0.5) is 0 Å². The summed E-state index contributed by atoms with van der Waals surface area (Å²) in [7, 11) is 0. The summed E-state index contributed by atoms with van der Waals surface area (Å²) in [5, 5.41) is 0.662. The van der Waals surface area contributed by atoms with E-state index in [1.165, 1.54) is 12.8 Å². The summed E-state index contributed by atoms with van der Waals surface area (Å²) in [6.07, 6.45) is 8.67. The van der Waals surface area contributed by atoms with Crippen molar-refractivity contribution in [3.63, 3.8) is 0 Å². The zero-order valence-electron chi connectivity index (χ0n) is 11.2. The van der Waals surface area contributed by atoms with Crippen LogP contribution < -0.4 is 0 Å². The molecule has 1 aliphatic carbocycles. The maximum absolute atomic E-state index is 12.1. The maximum Gasteiger partial charge on any atom is 0.336 e. The molecule has 0 atom stereocenters. The molecule has 2 aliphatic rings. The third kappa shape index (κ3) is 3.78. The lowest BCUT2D eigenvalue weighted by molar-refractivity contribution is -0.201. The molecule has 2 amide bonds. The summed E-state index contributed by atoms with van der Waals surface area (Å²) in [5.74, 6) is -1.38. The normalized spacial score (nSPS) is 22.8. The Morgan fingerprint density at radius 1 is 0.895 bits per heavy atom. The van der Waals surface area contributed by atoms with E-state index in [0.29, 0.717) is 5.06 Å². The van der Waals surface area contributed by atoms with Crippen LogP contribution >= 0.6 is 0 Å². The van der Waals surface area contributed by atoms with Crippen molar-refractivity contribution < 1.29 is 19.2 Å². The molecule has 19 heavy (non-hydrogen) atoms. The summed E-state index contributed by atoms with van der Waals surface area (Å²) < 4.78 is 0. The van der Waals surface area contributed by atoms with E-state index < -0.39 is 17.8 Å². The van der Waals surface area contributed by atoms with Crippen LogP contribution in [0.15, 0.2) is 0 Å². The first kappa shape index (κ1) is 14.0. The molecule has 2 fully saturated rings. The fourth-order valence-electron chi connectivity index (χ4n) is 2.69. The molecule has 2 rings (SSSR count). The molecule has 0 radical (unpaired) electrons. The fraction of sp³-hybridized carbons (Fsp3) is 0.786. The summed E-state index contributed by atoms with van der Waals surface area (Å²) >= 11 is 0. The van der Waals surface area contributed by atoms with Crippen molar-refractivity contribution in [1.82, 2.24) is 5.06 Å². The zero-order chi connectivity index (χ0) is 13.7. The van der Waals surface area contributed by atoms with Gasteiger partial charge in [0.25, 0.3) is 11.8 Å². The van der Waals surface area contributed by atoms with Crippen LogP contribution in [0.5, 0.6) is 0 Å². The van der Waals surface area contributed by atoms with Crippen molar-refractivity contribution in [3.05, 3.63) is 0 Å². The number of rotatable bonds is 2. The highest BCUT2D eigenvalue weighted by atomic mass is 16.7. The molecule has 1 aliphatic heterocycles. The minimum Gasteiger partial charge on any atom is -0.330 e. The largest absolute Gasteiger partial charge is 0.336 e. The number of carbonyl (C=O) groups is 3. The van der Waals surface area contributed by atoms with Gasteiger partial charge in [-0.05, 0) is 12.8 Å². The van der Waals surface area contributed by atoms with Crippen molar-refractivity contribution in [2.75, 3.05) is 0 Å². The van der Waals surface area contributed by atoms with Crippen molar-refractivity contribution in [3.8, 4) is 0 Å².